The van der Waals surface area contributed by atoms with E-state index in [1.54, 1.807) is 0 Å². The summed E-state index contributed by atoms with van der Waals surface area (Å²) in [5.41, 5.74) is 0. The van der Waals surface area contributed by atoms with Crippen LogP contribution in [0.15, 0.2) is 12.2 Å². The Morgan fingerprint density at radius 2 is 1.63 bits per heavy atom. The average molecular weight is 270 g/mol. The molecule has 0 aromatic rings. The fraction of sp³-hybridized carbons (Fsp3) is 0.733. The highest BCUT2D eigenvalue weighted by atomic mass is 16.5. The third kappa shape index (κ3) is 12.9. The van der Waals surface area contributed by atoms with E-state index in [2.05, 4.69) is 6.92 Å². The van der Waals surface area contributed by atoms with Gasteiger partial charge in [0, 0.05) is 12.2 Å². The third-order valence-corrected chi connectivity index (χ3v) is 2.89. The minimum Gasteiger partial charge on any atom is -0.478 e. The summed E-state index contributed by atoms with van der Waals surface area (Å²) in [6, 6.07) is 0. The van der Waals surface area contributed by atoms with Crippen molar-refractivity contribution in [1.29, 1.82) is 0 Å². The van der Waals surface area contributed by atoms with Gasteiger partial charge in [0.2, 0.25) is 0 Å². The smallest absolute Gasteiger partial charge is 0.331 e. The van der Waals surface area contributed by atoms with Crippen molar-refractivity contribution in [2.45, 2.75) is 71.3 Å². The summed E-state index contributed by atoms with van der Waals surface area (Å²) in [4.78, 5) is 21.4. The zero-order valence-corrected chi connectivity index (χ0v) is 12.1. The van der Waals surface area contributed by atoms with Gasteiger partial charge in [-0.25, -0.2) is 9.59 Å². The molecule has 110 valence electrons. The molecule has 0 rings (SSSR count). The second kappa shape index (κ2) is 11.8. The van der Waals surface area contributed by atoms with Gasteiger partial charge in [0.25, 0.3) is 0 Å². The first-order chi connectivity index (χ1) is 9.06. The van der Waals surface area contributed by atoms with E-state index in [1.165, 1.54) is 32.1 Å². The standard InChI is InChI=1S/C15H26O4/c1-3-4-5-6-7-8-9-10-13(2)19-15(18)12-11-14(16)17/h11-13H,3-10H2,1-2H3,(H,16,17)/b12-11-. The quantitative estimate of drug-likeness (QED) is 0.353. The summed E-state index contributed by atoms with van der Waals surface area (Å²) in [7, 11) is 0. The topological polar surface area (TPSA) is 63.6 Å². The molecule has 0 bridgehead atoms. The molecular formula is C15H26O4. The first kappa shape index (κ1) is 17.7. The maximum Gasteiger partial charge on any atom is 0.331 e. The van der Waals surface area contributed by atoms with Crippen molar-refractivity contribution in [1.82, 2.24) is 0 Å². The van der Waals surface area contributed by atoms with Crippen molar-refractivity contribution in [2.75, 3.05) is 0 Å². The molecule has 1 unspecified atom stereocenters. The van der Waals surface area contributed by atoms with E-state index in [9.17, 15) is 9.59 Å². The number of ether oxygens (including phenoxy) is 1. The molecule has 0 amide bonds. The minimum atomic E-state index is -1.14. The molecule has 0 aliphatic rings. The highest BCUT2D eigenvalue weighted by Crippen LogP contribution is 2.11. The Hall–Kier alpha value is -1.32. The first-order valence-corrected chi connectivity index (χ1v) is 7.18. The molecule has 0 aliphatic carbocycles. The van der Waals surface area contributed by atoms with Crippen LogP contribution in [-0.2, 0) is 14.3 Å². The van der Waals surface area contributed by atoms with E-state index in [-0.39, 0.29) is 6.10 Å². The summed E-state index contributed by atoms with van der Waals surface area (Å²) in [6.07, 6.45) is 11.0. The molecule has 0 radical (unpaired) electrons. The van der Waals surface area contributed by atoms with E-state index >= 15 is 0 Å². The SMILES string of the molecule is CCCCCCCCCC(C)OC(=O)/C=C\C(=O)O. The molecule has 0 saturated heterocycles. The molecule has 0 aliphatic heterocycles. The van der Waals surface area contributed by atoms with Gasteiger partial charge in [-0.05, 0) is 19.8 Å². The fourth-order valence-electron chi connectivity index (χ4n) is 1.82. The molecule has 0 saturated carbocycles. The van der Waals surface area contributed by atoms with Crippen LogP contribution in [0.2, 0.25) is 0 Å². The monoisotopic (exact) mass is 270 g/mol. The second-order valence-corrected chi connectivity index (χ2v) is 4.83. The molecule has 0 spiro atoms. The molecular weight excluding hydrogens is 244 g/mol. The van der Waals surface area contributed by atoms with Gasteiger partial charge < -0.3 is 9.84 Å². The van der Waals surface area contributed by atoms with Gasteiger partial charge >= 0.3 is 11.9 Å². The predicted molar refractivity (Wildman–Crippen MR) is 74.9 cm³/mol. The Morgan fingerprint density at radius 1 is 1.05 bits per heavy atom. The Labute approximate surface area is 115 Å². The van der Waals surface area contributed by atoms with Crippen LogP contribution in [0.5, 0.6) is 0 Å². The number of hydrogen-bond donors (Lipinski definition) is 1. The largest absolute Gasteiger partial charge is 0.478 e. The van der Waals surface area contributed by atoms with Gasteiger partial charge in [-0.2, -0.15) is 0 Å². The number of carboxylic acid groups (broad SMARTS) is 1. The summed E-state index contributed by atoms with van der Waals surface area (Å²) in [5.74, 6) is -1.73. The van der Waals surface area contributed by atoms with Gasteiger partial charge in [-0.3, -0.25) is 0 Å². The van der Waals surface area contributed by atoms with E-state index in [0.29, 0.717) is 0 Å². The van der Waals surface area contributed by atoms with Gasteiger partial charge in [0.1, 0.15) is 0 Å². The van der Waals surface area contributed by atoms with Gasteiger partial charge in [0.15, 0.2) is 0 Å². The summed E-state index contributed by atoms with van der Waals surface area (Å²) in [5, 5.41) is 8.36. The molecule has 19 heavy (non-hydrogen) atoms. The summed E-state index contributed by atoms with van der Waals surface area (Å²) < 4.78 is 5.06. The lowest BCUT2D eigenvalue weighted by Crippen LogP contribution is -2.13. The number of aliphatic carboxylic acids is 1. The molecule has 1 atom stereocenters. The fourth-order valence-corrected chi connectivity index (χ4v) is 1.82. The zero-order valence-electron chi connectivity index (χ0n) is 12.1. The van der Waals surface area contributed by atoms with Crippen molar-refractivity contribution >= 4 is 11.9 Å². The van der Waals surface area contributed by atoms with E-state index in [0.717, 1.165) is 31.4 Å². The third-order valence-electron chi connectivity index (χ3n) is 2.89. The number of carbonyl (C=O) groups excluding carboxylic acids is 1. The van der Waals surface area contributed by atoms with E-state index < -0.39 is 11.9 Å². The highest BCUT2D eigenvalue weighted by Gasteiger charge is 2.06. The van der Waals surface area contributed by atoms with Crippen molar-refractivity contribution < 1.29 is 19.4 Å². The van der Waals surface area contributed by atoms with Crippen LogP contribution in [0, 0.1) is 0 Å². The number of carbonyl (C=O) groups is 2. The average Bonchev–Trinajstić information content (AvgIpc) is 2.35. The van der Waals surface area contributed by atoms with Gasteiger partial charge in [0.05, 0.1) is 6.10 Å². The Bertz CT molecular complexity index is 284. The summed E-state index contributed by atoms with van der Waals surface area (Å²) >= 11 is 0. The number of esters is 1. The van der Waals surface area contributed by atoms with Crippen LogP contribution in [0.3, 0.4) is 0 Å². The lowest BCUT2D eigenvalue weighted by Gasteiger charge is -2.11. The van der Waals surface area contributed by atoms with Crippen LogP contribution < -0.4 is 0 Å². The molecule has 0 aromatic heterocycles. The van der Waals surface area contributed by atoms with Crippen LogP contribution in [0.1, 0.15) is 65.2 Å². The van der Waals surface area contributed by atoms with Crippen molar-refractivity contribution in [3.8, 4) is 0 Å². The van der Waals surface area contributed by atoms with Crippen molar-refractivity contribution in [3.63, 3.8) is 0 Å². The van der Waals surface area contributed by atoms with Crippen molar-refractivity contribution in [3.05, 3.63) is 12.2 Å². The number of carboxylic acids is 1. The maximum atomic E-state index is 11.2. The lowest BCUT2D eigenvalue weighted by atomic mass is 10.1. The van der Waals surface area contributed by atoms with Crippen LogP contribution in [0.4, 0.5) is 0 Å². The van der Waals surface area contributed by atoms with E-state index in [4.69, 9.17) is 9.84 Å². The molecule has 1 N–H and O–H groups in total. The van der Waals surface area contributed by atoms with Crippen molar-refractivity contribution in [2.24, 2.45) is 0 Å². The maximum absolute atomic E-state index is 11.2. The molecule has 0 heterocycles. The van der Waals surface area contributed by atoms with Crippen LogP contribution >= 0.6 is 0 Å². The number of rotatable bonds is 11. The Kier molecular flexibility index (Phi) is 10.9. The highest BCUT2D eigenvalue weighted by molar-refractivity contribution is 5.90. The predicted octanol–water partition coefficient (Wildman–Crippen LogP) is 3.70. The Balaban J connectivity index is 3.51. The molecule has 0 aromatic carbocycles. The number of unbranched alkanes of at least 4 members (excludes halogenated alkanes) is 6. The number of hydrogen-bond acceptors (Lipinski definition) is 3. The first-order valence-electron chi connectivity index (χ1n) is 7.18. The van der Waals surface area contributed by atoms with Crippen LogP contribution in [0.25, 0.3) is 0 Å². The lowest BCUT2D eigenvalue weighted by molar-refractivity contribution is -0.143. The van der Waals surface area contributed by atoms with Gasteiger partial charge in [-0.1, -0.05) is 45.4 Å². The zero-order chi connectivity index (χ0) is 14.5. The van der Waals surface area contributed by atoms with Gasteiger partial charge in [-0.15, -0.1) is 0 Å². The molecule has 0 fully saturated rings. The Morgan fingerprint density at radius 3 is 2.21 bits per heavy atom. The second-order valence-electron chi connectivity index (χ2n) is 4.83. The van der Waals surface area contributed by atoms with Crippen LogP contribution in [-0.4, -0.2) is 23.1 Å². The molecule has 4 nitrogen and oxygen atoms in total. The normalized spacial score (nSPS) is 12.5. The van der Waals surface area contributed by atoms with E-state index in [1.807, 2.05) is 6.92 Å². The summed E-state index contributed by atoms with van der Waals surface area (Å²) in [6.45, 7) is 4.04. The molecule has 4 heteroatoms. The minimum absolute atomic E-state index is 0.151.